The van der Waals surface area contributed by atoms with Gasteiger partial charge >= 0.3 is 0 Å². The molecule has 0 aliphatic heterocycles. The van der Waals surface area contributed by atoms with Gasteiger partial charge in [-0.3, -0.25) is 9.59 Å². The fourth-order valence-electron chi connectivity index (χ4n) is 2.57. The minimum Gasteiger partial charge on any atom is -0.484 e. The quantitative estimate of drug-likeness (QED) is 0.715. The Hall–Kier alpha value is -3.34. The van der Waals surface area contributed by atoms with Gasteiger partial charge in [-0.1, -0.05) is 30.3 Å². The average molecular weight is 348 g/mol. The van der Waals surface area contributed by atoms with Crippen molar-refractivity contribution in [3.05, 3.63) is 72.3 Å². The lowest BCUT2D eigenvalue weighted by Crippen LogP contribution is -2.23. The van der Waals surface area contributed by atoms with Crippen LogP contribution in [0.15, 0.2) is 66.7 Å². The predicted molar refractivity (Wildman–Crippen MR) is 103 cm³/mol. The molecule has 0 saturated carbocycles. The molecule has 0 radical (unpaired) electrons. The van der Waals surface area contributed by atoms with Gasteiger partial charge in [-0.2, -0.15) is 0 Å². The molecule has 0 aliphatic rings. The van der Waals surface area contributed by atoms with E-state index in [-0.39, 0.29) is 18.4 Å². The standard InChI is InChI=1S/C21H20N2O3/c1-2-22-21(25)16-7-10-18(11-8-16)23-20(24)14-26-19-12-9-15-5-3-4-6-17(15)13-19/h3-13H,2,14H2,1H3,(H,22,25)(H,23,24). The second kappa shape index (κ2) is 8.16. The van der Waals surface area contributed by atoms with Crippen molar-refractivity contribution in [3.63, 3.8) is 0 Å². The first-order valence-corrected chi connectivity index (χ1v) is 8.45. The highest BCUT2D eigenvalue weighted by Crippen LogP contribution is 2.20. The largest absolute Gasteiger partial charge is 0.484 e. The highest BCUT2D eigenvalue weighted by atomic mass is 16.5. The van der Waals surface area contributed by atoms with Crippen molar-refractivity contribution in [2.75, 3.05) is 18.5 Å². The summed E-state index contributed by atoms with van der Waals surface area (Å²) in [5.74, 6) is 0.249. The number of benzene rings is 3. The minimum absolute atomic E-state index is 0.0869. The lowest BCUT2D eigenvalue weighted by Gasteiger charge is -2.09. The summed E-state index contributed by atoms with van der Waals surface area (Å²) in [6.07, 6.45) is 0. The van der Waals surface area contributed by atoms with Crippen molar-refractivity contribution in [1.29, 1.82) is 0 Å². The van der Waals surface area contributed by atoms with E-state index in [1.54, 1.807) is 24.3 Å². The van der Waals surface area contributed by atoms with Gasteiger partial charge in [0.15, 0.2) is 6.61 Å². The Morgan fingerprint density at radius 2 is 1.65 bits per heavy atom. The maximum absolute atomic E-state index is 12.1. The van der Waals surface area contributed by atoms with Crippen molar-refractivity contribution in [2.24, 2.45) is 0 Å². The van der Waals surface area contributed by atoms with Gasteiger partial charge in [-0.05, 0) is 54.1 Å². The number of carbonyl (C=O) groups excluding carboxylic acids is 2. The van der Waals surface area contributed by atoms with Gasteiger partial charge in [0.25, 0.3) is 11.8 Å². The number of nitrogens with one attached hydrogen (secondary N) is 2. The number of fused-ring (bicyclic) bond motifs is 1. The molecule has 0 bridgehead atoms. The number of amides is 2. The molecule has 0 aliphatic carbocycles. The van der Waals surface area contributed by atoms with Gasteiger partial charge in [0.05, 0.1) is 0 Å². The van der Waals surface area contributed by atoms with Crippen LogP contribution in [0.1, 0.15) is 17.3 Å². The Bertz CT molecular complexity index is 920. The van der Waals surface area contributed by atoms with E-state index in [0.29, 0.717) is 23.5 Å². The summed E-state index contributed by atoms with van der Waals surface area (Å²) in [6.45, 7) is 2.35. The minimum atomic E-state index is -0.260. The molecule has 26 heavy (non-hydrogen) atoms. The van der Waals surface area contributed by atoms with Gasteiger partial charge < -0.3 is 15.4 Å². The van der Waals surface area contributed by atoms with Gasteiger partial charge in [-0.25, -0.2) is 0 Å². The van der Waals surface area contributed by atoms with Crippen molar-refractivity contribution in [1.82, 2.24) is 5.32 Å². The number of hydrogen-bond donors (Lipinski definition) is 2. The molecule has 0 heterocycles. The zero-order valence-electron chi connectivity index (χ0n) is 14.5. The average Bonchev–Trinajstić information content (AvgIpc) is 2.67. The first-order chi connectivity index (χ1) is 12.7. The second-order valence-electron chi connectivity index (χ2n) is 5.78. The molecule has 0 unspecified atom stereocenters. The van der Waals surface area contributed by atoms with Crippen molar-refractivity contribution in [2.45, 2.75) is 6.92 Å². The molecule has 2 amide bonds. The summed E-state index contributed by atoms with van der Waals surface area (Å²) in [6, 6.07) is 20.4. The van der Waals surface area contributed by atoms with Gasteiger partial charge in [0.1, 0.15) is 5.75 Å². The van der Waals surface area contributed by atoms with E-state index in [2.05, 4.69) is 10.6 Å². The summed E-state index contributed by atoms with van der Waals surface area (Å²) in [7, 11) is 0. The molecule has 0 spiro atoms. The molecular weight excluding hydrogens is 328 g/mol. The SMILES string of the molecule is CCNC(=O)c1ccc(NC(=O)COc2ccc3ccccc3c2)cc1. The van der Waals surface area contributed by atoms with Gasteiger partial charge in [-0.15, -0.1) is 0 Å². The fraction of sp³-hybridized carbons (Fsp3) is 0.143. The molecule has 0 aromatic heterocycles. The number of anilines is 1. The Labute approximate surface area is 152 Å². The van der Waals surface area contributed by atoms with Gasteiger partial charge in [0.2, 0.25) is 0 Å². The Balaban J connectivity index is 1.55. The van der Waals surface area contributed by atoms with Crippen LogP contribution in [0.25, 0.3) is 10.8 Å². The summed E-state index contributed by atoms with van der Waals surface area (Å²) in [5.41, 5.74) is 1.17. The van der Waals surface area contributed by atoms with E-state index >= 15 is 0 Å². The van der Waals surface area contributed by atoms with E-state index < -0.39 is 0 Å². The first-order valence-electron chi connectivity index (χ1n) is 8.45. The molecule has 2 N–H and O–H groups in total. The summed E-state index contributed by atoms with van der Waals surface area (Å²) in [5, 5.41) is 7.66. The number of hydrogen-bond acceptors (Lipinski definition) is 3. The smallest absolute Gasteiger partial charge is 0.262 e. The van der Waals surface area contributed by atoms with Crippen molar-refractivity contribution < 1.29 is 14.3 Å². The molecule has 5 heteroatoms. The Kier molecular flexibility index (Phi) is 5.49. The van der Waals surface area contributed by atoms with Gasteiger partial charge in [0, 0.05) is 17.8 Å². The number of carbonyl (C=O) groups is 2. The normalized spacial score (nSPS) is 10.3. The van der Waals surface area contributed by atoms with Crippen LogP contribution >= 0.6 is 0 Å². The third-order valence-corrected chi connectivity index (χ3v) is 3.86. The highest BCUT2D eigenvalue weighted by Gasteiger charge is 2.07. The third kappa shape index (κ3) is 4.39. The molecule has 0 atom stereocenters. The van der Waals surface area contributed by atoms with E-state index in [1.807, 2.05) is 49.4 Å². The zero-order chi connectivity index (χ0) is 18.4. The van der Waals surface area contributed by atoms with Crippen molar-refractivity contribution >= 4 is 28.3 Å². The van der Waals surface area contributed by atoms with Crippen molar-refractivity contribution in [3.8, 4) is 5.75 Å². The monoisotopic (exact) mass is 348 g/mol. The maximum Gasteiger partial charge on any atom is 0.262 e. The highest BCUT2D eigenvalue weighted by molar-refractivity contribution is 5.96. The molecule has 3 rings (SSSR count). The van der Waals surface area contributed by atoms with Crippen LogP contribution in [-0.4, -0.2) is 25.0 Å². The zero-order valence-corrected chi connectivity index (χ0v) is 14.5. The summed E-state index contributed by atoms with van der Waals surface area (Å²) >= 11 is 0. The molecule has 132 valence electrons. The van der Waals surface area contributed by atoms with Crippen LogP contribution in [0.5, 0.6) is 5.75 Å². The van der Waals surface area contributed by atoms with E-state index in [9.17, 15) is 9.59 Å². The Morgan fingerprint density at radius 3 is 2.38 bits per heavy atom. The van der Waals surface area contributed by atoms with Crippen LogP contribution in [-0.2, 0) is 4.79 Å². The van der Waals surface area contributed by atoms with Crippen LogP contribution in [0.3, 0.4) is 0 Å². The lowest BCUT2D eigenvalue weighted by atomic mass is 10.1. The molecule has 0 fully saturated rings. The number of rotatable bonds is 6. The molecular formula is C21H20N2O3. The summed E-state index contributed by atoms with van der Waals surface area (Å²) < 4.78 is 5.57. The van der Waals surface area contributed by atoms with Crippen LogP contribution in [0.2, 0.25) is 0 Å². The van der Waals surface area contributed by atoms with E-state index in [0.717, 1.165) is 10.8 Å². The van der Waals surface area contributed by atoms with E-state index in [1.165, 1.54) is 0 Å². The lowest BCUT2D eigenvalue weighted by molar-refractivity contribution is -0.118. The molecule has 3 aromatic rings. The third-order valence-electron chi connectivity index (χ3n) is 3.86. The number of ether oxygens (including phenoxy) is 1. The fourth-order valence-corrected chi connectivity index (χ4v) is 2.57. The predicted octanol–water partition coefficient (Wildman–Crippen LogP) is 3.61. The second-order valence-corrected chi connectivity index (χ2v) is 5.78. The molecule has 0 saturated heterocycles. The van der Waals surface area contributed by atoms with E-state index in [4.69, 9.17) is 4.74 Å². The summed E-state index contributed by atoms with van der Waals surface area (Å²) in [4.78, 5) is 23.8. The van der Waals surface area contributed by atoms with Crippen LogP contribution in [0, 0.1) is 0 Å². The van der Waals surface area contributed by atoms with Crippen LogP contribution < -0.4 is 15.4 Å². The molecule has 3 aromatic carbocycles. The molecule has 5 nitrogen and oxygen atoms in total. The maximum atomic E-state index is 12.1. The Morgan fingerprint density at radius 1 is 0.923 bits per heavy atom. The first kappa shape index (κ1) is 17.5. The topological polar surface area (TPSA) is 67.4 Å². The van der Waals surface area contributed by atoms with Crippen LogP contribution in [0.4, 0.5) is 5.69 Å².